The Morgan fingerprint density at radius 2 is 1.79 bits per heavy atom. The summed E-state index contributed by atoms with van der Waals surface area (Å²) in [5, 5.41) is 5.38. The van der Waals surface area contributed by atoms with Crippen molar-refractivity contribution in [3.05, 3.63) is 28.8 Å². The van der Waals surface area contributed by atoms with Crippen LogP contribution in [0.1, 0.15) is 28.4 Å². The van der Waals surface area contributed by atoms with Gasteiger partial charge in [-0.1, -0.05) is 6.07 Å². The van der Waals surface area contributed by atoms with Gasteiger partial charge in [0, 0.05) is 20.0 Å². The van der Waals surface area contributed by atoms with Crippen molar-refractivity contribution in [1.82, 2.24) is 10.6 Å². The summed E-state index contributed by atoms with van der Waals surface area (Å²) in [6.45, 7) is 6.06. The Bertz CT molecular complexity index is 484. The molecule has 5 heteroatoms. The number of amides is 2. The predicted molar refractivity (Wildman–Crippen MR) is 73.5 cm³/mol. The lowest BCUT2D eigenvalue weighted by molar-refractivity contribution is -0.118. The Kier molecular flexibility index (Phi) is 5.36. The van der Waals surface area contributed by atoms with Crippen LogP contribution in [0, 0.1) is 13.8 Å². The van der Waals surface area contributed by atoms with E-state index in [0.717, 1.165) is 11.1 Å². The molecular weight excluding hydrogens is 244 g/mol. The summed E-state index contributed by atoms with van der Waals surface area (Å²) in [6, 6.07) is 3.76. The average molecular weight is 264 g/mol. The molecule has 0 saturated heterocycles. The van der Waals surface area contributed by atoms with E-state index >= 15 is 0 Å². The predicted octanol–water partition coefficient (Wildman–Crippen LogP) is 1.18. The second kappa shape index (κ2) is 6.78. The molecule has 0 heterocycles. The zero-order valence-electron chi connectivity index (χ0n) is 11.8. The Morgan fingerprint density at radius 3 is 2.37 bits per heavy atom. The van der Waals surface area contributed by atoms with Gasteiger partial charge in [0.15, 0.2) is 0 Å². The normalized spacial score (nSPS) is 9.89. The van der Waals surface area contributed by atoms with Gasteiger partial charge >= 0.3 is 0 Å². The van der Waals surface area contributed by atoms with Gasteiger partial charge in [-0.3, -0.25) is 9.59 Å². The van der Waals surface area contributed by atoms with Gasteiger partial charge < -0.3 is 15.4 Å². The number of carbonyl (C=O) groups is 2. The van der Waals surface area contributed by atoms with E-state index in [1.54, 1.807) is 7.11 Å². The van der Waals surface area contributed by atoms with Gasteiger partial charge in [0.25, 0.3) is 5.91 Å². The number of nitrogens with one attached hydrogen (secondary N) is 2. The van der Waals surface area contributed by atoms with Gasteiger partial charge in [-0.25, -0.2) is 0 Å². The minimum Gasteiger partial charge on any atom is -0.496 e. The molecule has 2 amide bonds. The highest BCUT2D eigenvalue weighted by Gasteiger charge is 2.15. The van der Waals surface area contributed by atoms with Crippen LogP contribution < -0.4 is 15.4 Å². The molecule has 0 aromatic heterocycles. The number of methoxy groups -OCH3 is 1. The fourth-order valence-electron chi connectivity index (χ4n) is 1.88. The van der Waals surface area contributed by atoms with Crippen LogP contribution in [0.25, 0.3) is 0 Å². The van der Waals surface area contributed by atoms with E-state index in [2.05, 4.69) is 10.6 Å². The number of benzene rings is 1. The van der Waals surface area contributed by atoms with Crippen molar-refractivity contribution in [3.8, 4) is 5.75 Å². The Hall–Kier alpha value is -2.04. The number of ether oxygens (including phenoxy) is 1. The second-order valence-corrected chi connectivity index (χ2v) is 4.40. The van der Waals surface area contributed by atoms with Gasteiger partial charge in [0.1, 0.15) is 5.75 Å². The van der Waals surface area contributed by atoms with Crippen LogP contribution in [0.4, 0.5) is 0 Å². The van der Waals surface area contributed by atoms with Crippen LogP contribution in [0.5, 0.6) is 5.75 Å². The monoisotopic (exact) mass is 264 g/mol. The Morgan fingerprint density at radius 1 is 1.16 bits per heavy atom. The first kappa shape index (κ1) is 15.0. The molecule has 0 radical (unpaired) electrons. The Labute approximate surface area is 113 Å². The fraction of sp³-hybridized carbons (Fsp3) is 0.429. The SMILES string of the molecule is COc1cc(C)cc(C)c1C(=O)NCCNC(C)=O. The van der Waals surface area contributed by atoms with Crippen LogP contribution >= 0.6 is 0 Å². The molecule has 1 aromatic carbocycles. The van der Waals surface area contributed by atoms with Crippen LogP contribution in [-0.4, -0.2) is 32.0 Å². The molecular formula is C14H20N2O3. The molecule has 5 nitrogen and oxygen atoms in total. The average Bonchev–Trinajstić information content (AvgIpc) is 2.33. The van der Waals surface area contributed by atoms with E-state index in [-0.39, 0.29) is 11.8 Å². The van der Waals surface area contributed by atoms with Crippen LogP contribution in [-0.2, 0) is 4.79 Å². The quantitative estimate of drug-likeness (QED) is 0.785. The topological polar surface area (TPSA) is 67.4 Å². The lowest BCUT2D eigenvalue weighted by atomic mass is 10.0. The molecule has 0 aliphatic carbocycles. The van der Waals surface area contributed by atoms with E-state index in [4.69, 9.17) is 4.74 Å². The summed E-state index contributed by atoms with van der Waals surface area (Å²) in [6.07, 6.45) is 0. The number of rotatable bonds is 5. The maximum absolute atomic E-state index is 12.1. The number of hydrogen-bond donors (Lipinski definition) is 2. The smallest absolute Gasteiger partial charge is 0.255 e. The number of hydrogen-bond acceptors (Lipinski definition) is 3. The third-order valence-electron chi connectivity index (χ3n) is 2.68. The minimum atomic E-state index is -0.195. The summed E-state index contributed by atoms with van der Waals surface area (Å²) < 4.78 is 5.24. The molecule has 19 heavy (non-hydrogen) atoms. The maximum atomic E-state index is 12.1. The lowest BCUT2D eigenvalue weighted by Crippen LogP contribution is -2.34. The molecule has 0 aliphatic rings. The van der Waals surface area contributed by atoms with Crippen LogP contribution in [0.2, 0.25) is 0 Å². The highest BCUT2D eigenvalue weighted by Crippen LogP contribution is 2.23. The molecule has 1 rings (SSSR count). The summed E-state index contributed by atoms with van der Waals surface area (Å²) in [5.41, 5.74) is 2.45. The summed E-state index contributed by atoms with van der Waals surface area (Å²) in [7, 11) is 1.54. The number of aryl methyl sites for hydroxylation is 2. The third-order valence-corrected chi connectivity index (χ3v) is 2.68. The lowest BCUT2D eigenvalue weighted by Gasteiger charge is -2.13. The minimum absolute atomic E-state index is 0.113. The van der Waals surface area contributed by atoms with Crippen molar-refractivity contribution in [2.45, 2.75) is 20.8 Å². The molecule has 0 atom stereocenters. The molecule has 104 valence electrons. The van der Waals surface area contributed by atoms with Gasteiger partial charge in [0.2, 0.25) is 5.91 Å². The molecule has 0 spiro atoms. The summed E-state index contributed by atoms with van der Waals surface area (Å²) in [5.74, 6) is 0.257. The second-order valence-electron chi connectivity index (χ2n) is 4.40. The molecule has 0 aliphatic heterocycles. The highest BCUT2D eigenvalue weighted by atomic mass is 16.5. The Balaban J connectivity index is 2.74. The molecule has 2 N–H and O–H groups in total. The maximum Gasteiger partial charge on any atom is 0.255 e. The van der Waals surface area contributed by atoms with Crippen molar-refractivity contribution in [2.75, 3.05) is 20.2 Å². The van der Waals surface area contributed by atoms with E-state index in [9.17, 15) is 9.59 Å². The fourth-order valence-corrected chi connectivity index (χ4v) is 1.88. The zero-order chi connectivity index (χ0) is 14.4. The van der Waals surface area contributed by atoms with Crippen molar-refractivity contribution in [3.63, 3.8) is 0 Å². The van der Waals surface area contributed by atoms with Gasteiger partial charge in [0.05, 0.1) is 12.7 Å². The van der Waals surface area contributed by atoms with E-state index in [1.165, 1.54) is 6.92 Å². The van der Waals surface area contributed by atoms with Gasteiger partial charge in [-0.15, -0.1) is 0 Å². The van der Waals surface area contributed by atoms with Crippen LogP contribution in [0.3, 0.4) is 0 Å². The van der Waals surface area contributed by atoms with Gasteiger partial charge in [-0.2, -0.15) is 0 Å². The van der Waals surface area contributed by atoms with E-state index in [0.29, 0.717) is 24.4 Å². The van der Waals surface area contributed by atoms with Gasteiger partial charge in [-0.05, 0) is 31.0 Å². The standard InChI is InChI=1S/C14H20N2O3/c1-9-7-10(2)13(12(8-9)19-4)14(18)16-6-5-15-11(3)17/h7-8H,5-6H2,1-4H3,(H,15,17)(H,16,18). The van der Waals surface area contributed by atoms with E-state index in [1.807, 2.05) is 26.0 Å². The van der Waals surface area contributed by atoms with Crippen molar-refractivity contribution >= 4 is 11.8 Å². The van der Waals surface area contributed by atoms with E-state index < -0.39 is 0 Å². The van der Waals surface area contributed by atoms with Crippen LogP contribution in [0.15, 0.2) is 12.1 Å². The van der Waals surface area contributed by atoms with Crippen molar-refractivity contribution < 1.29 is 14.3 Å². The third kappa shape index (κ3) is 4.28. The largest absolute Gasteiger partial charge is 0.496 e. The first-order valence-electron chi connectivity index (χ1n) is 6.13. The summed E-state index contributed by atoms with van der Waals surface area (Å²) >= 11 is 0. The molecule has 0 bridgehead atoms. The number of carbonyl (C=O) groups excluding carboxylic acids is 2. The van der Waals surface area contributed by atoms with Crippen molar-refractivity contribution in [1.29, 1.82) is 0 Å². The molecule has 0 fully saturated rings. The summed E-state index contributed by atoms with van der Waals surface area (Å²) in [4.78, 5) is 22.8. The first-order valence-corrected chi connectivity index (χ1v) is 6.13. The van der Waals surface area contributed by atoms with Crippen molar-refractivity contribution in [2.24, 2.45) is 0 Å². The zero-order valence-corrected chi connectivity index (χ0v) is 11.8. The highest BCUT2D eigenvalue weighted by molar-refractivity contribution is 5.98. The first-order chi connectivity index (χ1) is 8.95. The molecule has 1 aromatic rings. The molecule has 0 saturated carbocycles. The molecule has 0 unspecified atom stereocenters.